The number of ether oxygens (including phenoxy) is 3. The van der Waals surface area contributed by atoms with Crippen molar-refractivity contribution in [1.82, 2.24) is 5.43 Å². The molecule has 4 rings (SSSR count). The van der Waals surface area contributed by atoms with Crippen molar-refractivity contribution in [3.63, 3.8) is 0 Å². The van der Waals surface area contributed by atoms with Gasteiger partial charge in [0.05, 0.1) is 17.3 Å². The van der Waals surface area contributed by atoms with Gasteiger partial charge in [0.1, 0.15) is 23.1 Å². The maximum Gasteiger partial charge on any atom is 0.343 e. The molecule has 8 nitrogen and oxygen atoms in total. The van der Waals surface area contributed by atoms with Gasteiger partial charge in [-0.25, -0.2) is 19.4 Å². The summed E-state index contributed by atoms with van der Waals surface area (Å²) in [5.74, 6) is -1.98. The molecule has 1 N–H and O–H groups in total. The Morgan fingerprint density at radius 1 is 0.750 bits per heavy atom. The summed E-state index contributed by atoms with van der Waals surface area (Å²) in [6.07, 6.45) is 1.24. The van der Waals surface area contributed by atoms with Gasteiger partial charge in [-0.3, -0.25) is 4.79 Å². The van der Waals surface area contributed by atoms with Gasteiger partial charge in [0.2, 0.25) is 0 Å². The van der Waals surface area contributed by atoms with Crippen LogP contribution in [-0.4, -0.2) is 30.7 Å². The summed E-state index contributed by atoms with van der Waals surface area (Å²) in [6, 6.07) is 21.6. The molecule has 0 radical (unpaired) electrons. The first kappa shape index (κ1) is 28.3. The van der Waals surface area contributed by atoms with Crippen LogP contribution in [0.2, 0.25) is 10.0 Å². The molecule has 0 fully saturated rings. The zero-order valence-electron chi connectivity index (χ0n) is 20.5. The lowest BCUT2D eigenvalue weighted by atomic mass is 10.2. The quantitative estimate of drug-likeness (QED) is 0.111. The second-order valence-electron chi connectivity index (χ2n) is 8.03. The molecule has 4 aromatic carbocycles. The molecule has 202 valence electrons. The zero-order chi connectivity index (χ0) is 28.5. The molecular formula is C29H19Cl2FN2O6. The number of carbonyl (C=O) groups excluding carboxylic acids is 3. The van der Waals surface area contributed by atoms with Gasteiger partial charge < -0.3 is 14.2 Å². The van der Waals surface area contributed by atoms with E-state index in [1.54, 1.807) is 12.1 Å². The maximum atomic E-state index is 13.0. The van der Waals surface area contributed by atoms with Crippen molar-refractivity contribution in [2.75, 3.05) is 6.61 Å². The molecule has 0 aromatic heterocycles. The summed E-state index contributed by atoms with van der Waals surface area (Å²) in [5.41, 5.74) is 3.06. The maximum absolute atomic E-state index is 13.0. The number of benzene rings is 4. The van der Waals surface area contributed by atoms with E-state index in [9.17, 15) is 18.8 Å². The molecule has 0 saturated carbocycles. The van der Waals surface area contributed by atoms with E-state index >= 15 is 0 Å². The van der Waals surface area contributed by atoms with Gasteiger partial charge >= 0.3 is 11.9 Å². The molecule has 40 heavy (non-hydrogen) atoms. The van der Waals surface area contributed by atoms with Gasteiger partial charge in [0.25, 0.3) is 5.91 Å². The van der Waals surface area contributed by atoms with Gasteiger partial charge in [0, 0.05) is 21.7 Å². The summed E-state index contributed by atoms with van der Waals surface area (Å²) < 4.78 is 29.2. The number of amides is 1. The highest BCUT2D eigenvalue weighted by molar-refractivity contribution is 6.31. The average molecular weight is 581 g/mol. The minimum Gasteiger partial charge on any atom is -0.484 e. The Kier molecular flexibility index (Phi) is 9.45. The molecule has 0 aliphatic rings. The zero-order valence-corrected chi connectivity index (χ0v) is 22.0. The first-order chi connectivity index (χ1) is 19.3. The number of hydrazone groups is 1. The standard InChI is InChI=1S/C29H19Cl2FN2O6/c30-21-6-1-18(2-7-21)28(36)39-25-12-5-20(26(15-25)40-29(37)19-3-8-22(31)9-4-19)16-33-34-27(35)17-38-24-13-10-23(32)11-14-24/h1-16H,17H2,(H,34,35)/b33-16+. The van der Waals surface area contributed by atoms with E-state index in [-0.39, 0.29) is 34.8 Å². The van der Waals surface area contributed by atoms with Crippen LogP contribution in [0.4, 0.5) is 4.39 Å². The van der Waals surface area contributed by atoms with E-state index in [0.717, 1.165) is 0 Å². The third kappa shape index (κ3) is 8.13. The molecule has 1 amide bonds. The van der Waals surface area contributed by atoms with Crippen LogP contribution in [0, 0.1) is 5.82 Å². The van der Waals surface area contributed by atoms with Crippen LogP contribution in [0.3, 0.4) is 0 Å². The van der Waals surface area contributed by atoms with E-state index < -0.39 is 23.7 Å². The summed E-state index contributed by atoms with van der Waals surface area (Å²) in [4.78, 5) is 37.4. The highest BCUT2D eigenvalue weighted by Gasteiger charge is 2.15. The molecule has 0 unspecified atom stereocenters. The Labute approximate surface area is 237 Å². The lowest BCUT2D eigenvalue weighted by Gasteiger charge is -2.11. The Balaban J connectivity index is 1.48. The van der Waals surface area contributed by atoms with Crippen LogP contribution in [0.5, 0.6) is 17.2 Å². The van der Waals surface area contributed by atoms with Crippen LogP contribution in [-0.2, 0) is 4.79 Å². The smallest absolute Gasteiger partial charge is 0.343 e. The normalized spacial score (nSPS) is 10.7. The summed E-state index contributed by atoms with van der Waals surface area (Å²) in [5, 5.41) is 4.78. The number of nitrogens with zero attached hydrogens (tertiary/aromatic N) is 1. The van der Waals surface area contributed by atoms with Gasteiger partial charge in [-0.05, 0) is 84.9 Å². The Morgan fingerprint density at radius 2 is 1.30 bits per heavy atom. The molecule has 0 aliphatic carbocycles. The van der Waals surface area contributed by atoms with Crippen LogP contribution < -0.4 is 19.6 Å². The van der Waals surface area contributed by atoms with Crippen molar-refractivity contribution in [2.45, 2.75) is 0 Å². The van der Waals surface area contributed by atoms with Crippen molar-refractivity contribution in [3.8, 4) is 17.2 Å². The molecule has 0 aliphatic heterocycles. The molecule has 0 atom stereocenters. The molecule has 11 heteroatoms. The topological polar surface area (TPSA) is 103 Å². The van der Waals surface area contributed by atoms with E-state index in [2.05, 4.69) is 10.5 Å². The minimum absolute atomic E-state index is 0.00178. The van der Waals surface area contributed by atoms with Crippen molar-refractivity contribution in [1.29, 1.82) is 0 Å². The number of carbonyl (C=O) groups is 3. The van der Waals surface area contributed by atoms with Crippen LogP contribution in [0.25, 0.3) is 0 Å². The van der Waals surface area contributed by atoms with Gasteiger partial charge in [-0.15, -0.1) is 0 Å². The van der Waals surface area contributed by atoms with Crippen molar-refractivity contribution in [3.05, 3.63) is 124 Å². The fourth-order valence-electron chi connectivity index (χ4n) is 3.16. The second kappa shape index (κ2) is 13.4. The van der Waals surface area contributed by atoms with Gasteiger partial charge in [0.15, 0.2) is 6.61 Å². The van der Waals surface area contributed by atoms with Gasteiger partial charge in [-0.2, -0.15) is 5.10 Å². The molecule has 0 spiro atoms. The predicted octanol–water partition coefficient (Wildman–Crippen LogP) is 6.10. The molecule has 4 aromatic rings. The highest BCUT2D eigenvalue weighted by atomic mass is 35.5. The monoisotopic (exact) mass is 580 g/mol. The number of hydrogen-bond acceptors (Lipinski definition) is 7. The summed E-state index contributed by atoms with van der Waals surface area (Å²) >= 11 is 11.8. The fourth-order valence-corrected chi connectivity index (χ4v) is 3.41. The van der Waals surface area contributed by atoms with Crippen molar-refractivity contribution < 1.29 is 33.0 Å². The molecule has 0 heterocycles. The molecular weight excluding hydrogens is 562 g/mol. The lowest BCUT2D eigenvalue weighted by Crippen LogP contribution is -2.24. The Hall–Kier alpha value is -4.73. The first-order valence-electron chi connectivity index (χ1n) is 11.6. The van der Waals surface area contributed by atoms with Crippen LogP contribution in [0.15, 0.2) is 96.1 Å². The number of hydrogen-bond donors (Lipinski definition) is 1. The SMILES string of the molecule is O=C(COc1ccc(F)cc1)N/N=C/c1ccc(OC(=O)c2ccc(Cl)cc2)cc1OC(=O)c1ccc(Cl)cc1. The Morgan fingerprint density at radius 3 is 1.90 bits per heavy atom. The van der Waals surface area contributed by atoms with Crippen molar-refractivity contribution >= 4 is 47.3 Å². The largest absolute Gasteiger partial charge is 0.484 e. The van der Waals surface area contributed by atoms with E-state index in [1.165, 1.54) is 85.1 Å². The summed E-state index contributed by atoms with van der Waals surface area (Å²) in [6.45, 7) is -0.374. The Bertz CT molecular complexity index is 1540. The number of nitrogens with one attached hydrogen (secondary N) is 1. The third-order valence-corrected chi connectivity index (χ3v) is 5.64. The van der Waals surface area contributed by atoms with Crippen LogP contribution >= 0.6 is 23.2 Å². The lowest BCUT2D eigenvalue weighted by molar-refractivity contribution is -0.123. The number of rotatable bonds is 9. The predicted molar refractivity (Wildman–Crippen MR) is 147 cm³/mol. The first-order valence-corrected chi connectivity index (χ1v) is 12.3. The van der Waals surface area contributed by atoms with Gasteiger partial charge in [-0.1, -0.05) is 23.2 Å². The second-order valence-corrected chi connectivity index (χ2v) is 8.90. The fraction of sp³-hybridized carbons (Fsp3) is 0.0345. The van der Waals surface area contributed by atoms with E-state index in [1.807, 2.05) is 0 Å². The molecule has 0 bridgehead atoms. The number of esters is 2. The average Bonchev–Trinajstić information content (AvgIpc) is 2.94. The third-order valence-electron chi connectivity index (χ3n) is 5.13. The number of halogens is 3. The van der Waals surface area contributed by atoms with Crippen molar-refractivity contribution in [2.24, 2.45) is 5.10 Å². The van der Waals surface area contributed by atoms with E-state index in [0.29, 0.717) is 15.8 Å². The molecule has 0 saturated heterocycles. The van der Waals surface area contributed by atoms with Crippen LogP contribution in [0.1, 0.15) is 26.3 Å². The minimum atomic E-state index is -0.704. The highest BCUT2D eigenvalue weighted by Crippen LogP contribution is 2.26. The summed E-state index contributed by atoms with van der Waals surface area (Å²) in [7, 11) is 0. The van der Waals surface area contributed by atoms with E-state index in [4.69, 9.17) is 37.4 Å².